The van der Waals surface area contributed by atoms with Gasteiger partial charge in [0, 0.05) is 40.7 Å². The Morgan fingerprint density at radius 1 is 0.767 bits per heavy atom. The summed E-state index contributed by atoms with van der Waals surface area (Å²) in [6.45, 7) is 4.42. The van der Waals surface area contributed by atoms with Crippen molar-refractivity contribution in [1.82, 2.24) is 0 Å². The average Bonchev–Trinajstić information content (AvgIpc) is 2.57. The molecule has 13 nitrogen and oxygen atoms in total. The minimum atomic E-state index is -1.69. The number of esters is 5. The van der Waals surface area contributed by atoms with Crippen LogP contribution < -0.4 is 0 Å². The first-order valence-electron chi connectivity index (χ1n) is 8.47. The number of nitrogens with zero attached hydrogens (tertiary/aromatic N) is 1. The molecule has 4 atom stereocenters. The summed E-state index contributed by atoms with van der Waals surface area (Å²) in [5, 5.41) is 10.7. The average molecular weight is 433 g/mol. The minimum absolute atomic E-state index is 0.418. The molecule has 13 heteroatoms. The highest BCUT2D eigenvalue weighted by molar-refractivity contribution is 5.69. The molecule has 0 heterocycles. The summed E-state index contributed by atoms with van der Waals surface area (Å²) in [4.78, 5) is 67.2. The molecular formula is C17H23NO12. The van der Waals surface area contributed by atoms with Crippen LogP contribution in [0.2, 0.25) is 0 Å². The second-order valence-electron chi connectivity index (χ2n) is 5.80. The van der Waals surface area contributed by atoms with E-state index in [2.05, 4.69) is 0 Å². The molecule has 0 N–H and O–H groups in total. The predicted molar refractivity (Wildman–Crippen MR) is 95.0 cm³/mol. The maximum absolute atomic E-state index is 11.6. The van der Waals surface area contributed by atoms with Crippen LogP contribution >= 0.6 is 0 Å². The normalized spacial score (nSPS) is 14.6. The van der Waals surface area contributed by atoms with Gasteiger partial charge in [0.2, 0.25) is 6.20 Å². The fourth-order valence-corrected chi connectivity index (χ4v) is 2.23. The molecule has 0 spiro atoms. The van der Waals surface area contributed by atoms with Crippen LogP contribution in [0.25, 0.3) is 0 Å². The number of hydrogen-bond acceptors (Lipinski definition) is 12. The Morgan fingerprint density at radius 3 is 1.63 bits per heavy atom. The zero-order valence-corrected chi connectivity index (χ0v) is 17.0. The molecule has 0 amide bonds. The van der Waals surface area contributed by atoms with Crippen LogP contribution in [0.3, 0.4) is 0 Å². The van der Waals surface area contributed by atoms with Crippen molar-refractivity contribution < 1.29 is 52.6 Å². The van der Waals surface area contributed by atoms with Crippen molar-refractivity contribution in [3.8, 4) is 0 Å². The topological polar surface area (TPSA) is 175 Å². The van der Waals surface area contributed by atoms with E-state index in [1.54, 1.807) is 0 Å². The molecule has 0 unspecified atom stereocenters. The second kappa shape index (κ2) is 12.9. The molecule has 0 aromatic carbocycles. The van der Waals surface area contributed by atoms with E-state index in [0.29, 0.717) is 6.20 Å². The van der Waals surface area contributed by atoms with E-state index in [1.165, 1.54) is 0 Å². The SMILES string of the molecule is CC(=O)OC[C@@H](OC(C)=O)[C@@H](OC(C)=O)[C@H](OC(C)=O)[C@H](/C=C/[N+](=O)[O-])OC(C)=O. The molecule has 0 aliphatic heterocycles. The Morgan fingerprint density at radius 2 is 1.23 bits per heavy atom. The predicted octanol–water partition coefficient (Wildman–Crippen LogP) is 0.0667. The molecule has 0 aliphatic rings. The summed E-state index contributed by atoms with van der Waals surface area (Å²) in [6, 6.07) is 0. The summed E-state index contributed by atoms with van der Waals surface area (Å²) < 4.78 is 25.0. The molecule has 30 heavy (non-hydrogen) atoms. The number of nitro groups is 1. The quantitative estimate of drug-likeness (QED) is 0.186. The van der Waals surface area contributed by atoms with Crippen molar-refractivity contribution in [1.29, 1.82) is 0 Å². The maximum Gasteiger partial charge on any atom is 0.303 e. The van der Waals surface area contributed by atoms with Crippen LogP contribution in [0.5, 0.6) is 0 Å². The van der Waals surface area contributed by atoms with Gasteiger partial charge in [0.25, 0.3) is 0 Å². The summed E-state index contributed by atoms with van der Waals surface area (Å²) in [7, 11) is 0. The molecule has 0 rings (SSSR count). The van der Waals surface area contributed by atoms with Gasteiger partial charge in [-0.1, -0.05) is 0 Å². The van der Waals surface area contributed by atoms with Crippen molar-refractivity contribution in [2.75, 3.05) is 6.61 Å². The molecule has 0 saturated carbocycles. The van der Waals surface area contributed by atoms with Gasteiger partial charge in [0.15, 0.2) is 24.4 Å². The van der Waals surface area contributed by atoms with Crippen LogP contribution in [0.1, 0.15) is 34.6 Å². The Kier molecular flexibility index (Phi) is 11.3. The minimum Gasteiger partial charge on any atom is -0.462 e. The molecular weight excluding hydrogens is 410 g/mol. The highest BCUT2D eigenvalue weighted by atomic mass is 16.6. The van der Waals surface area contributed by atoms with Crippen molar-refractivity contribution in [2.45, 2.75) is 59.0 Å². The summed E-state index contributed by atoms with van der Waals surface area (Å²) in [6.07, 6.45) is -5.26. The molecule has 0 aliphatic carbocycles. The van der Waals surface area contributed by atoms with E-state index >= 15 is 0 Å². The number of rotatable bonds is 11. The Labute approximate surface area is 171 Å². The molecule has 0 saturated heterocycles. The third kappa shape index (κ3) is 11.4. The van der Waals surface area contributed by atoms with Crippen LogP contribution in [-0.2, 0) is 47.7 Å². The van der Waals surface area contributed by atoms with E-state index in [1.807, 2.05) is 0 Å². The largest absolute Gasteiger partial charge is 0.462 e. The lowest BCUT2D eigenvalue weighted by Crippen LogP contribution is -2.52. The highest BCUT2D eigenvalue weighted by Gasteiger charge is 2.43. The van der Waals surface area contributed by atoms with Crippen molar-refractivity contribution in [2.24, 2.45) is 0 Å². The second-order valence-corrected chi connectivity index (χ2v) is 5.80. The fraction of sp³-hybridized carbons (Fsp3) is 0.588. The van der Waals surface area contributed by atoms with E-state index in [0.717, 1.165) is 40.7 Å². The zero-order chi connectivity index (χ0) is 23.4. The standard InChI is InChI=1S/C17H23NO12/c1-9(19)26-8-15(28-11(3)21)17(30-13(5)23)16(29-12(4)22)14(27-10(2)20)6-7-18(24)25/h6-7,14-17H,8H2,1-5H3/b7-6+/t14-,15+,16+,17+/m0/s1. The van der Waals surface area contributed by atoms with Crippen LogP contribution in [0, 0.1) is 10.1 Å². The first kappa shape index (κ1) is 26.5. The molecule has 0 bridgehead atoms. The van der Waals surface area contributed by atoms with Crippen molar-refractivity contribution >= 4 is 29.8 Å². The van der Waals surface area contributed by atoms with Gasteiger partial charge >= 0.3 is 29.8 Å². The van der Waals surface area contributed by atoms with Gasteiger partial charge in [0.05, 0.1) is 4.92 Å². The molecule has 0 aromatic heterocycles. The summed E-state index contributed by atoms with van der Waals surface area (Å²) in [5.74, 6) is -4.39. The van der Waals surface area contributed by atoms with E-state index in [9.17, 15) is 34.1 Å². The maximum atomic E-state index is 11.6. The zero-order valence-electron chi connectivity index (χ0n) is 17.0. The van der Waals surface area contributed by atoms with Crippen LogP contribution in [0.15, 0.2) is 12.3 Å². The molecule has 168 valence electrons. The van der Waals surface area contributed by atoms with Crippen LogP contribution in [0.4, 0.5) is 0 Å². The Balaban J connectivity index is 6.33. The lowest BCUT2D eigenvalue weighted by atomic mass is 10.0. The Hall–Kier alpha value is -3.51. The number of hydrogen-bond donors (Lipinski definition) is 0. The van der Waals surface area contributed by atoms with E-state index < -0.39 is 65.8 Å². The van der Waals surface area contributed by atoms with Gasteiger partial charge in [-0.05, 0) is 0 Å². The van der Waals surface area contributed by atoms with Gasteiger partial charge in [-0.25, -0.2) is 0 Å². The van der Waals surface area contributed by atoms with Gasteiger partial charge in [0.1, 0.15) is 6.61 Å². The molecule has 0 fully saturated rings. The monoisotopic (exact) mass is 433 g/mol. The number of ether oxygens (including phenoxy) is 5. The first-order valence-corrected chi connectivity index (χ1v) is 8.47. The summed E-state index contributed by atoms with van der Waals surface area (Å²) in [5.41, 5.74) is 0. The summed E-state index contributed by atoms with van der Waals surface area (Å²) >= 11 is 0. The first-order chi connectivity index (χ1) is 13.8. The van der Waals surface area contributed by atoms with Crippen LogP contribution in [-0.4, -0.2) is 65.8 Å². The van der Waals surface area contributed by atoms with Gasteiger partial charge in [-0.2, -0.15) is 0 Å². The van der Waals surface area contributed by atoms with E-state index in [4.69, 9.17) is 23.7 Å². The molecule has 0 radical (unpaired) electrons. The third-order valence-electron chi connectivity index (χ3n) is 3.09. The lowest BCUT2D eigenvalue weighted by molar-refractivity contribution is -0.403. The lowest BCUT2D eigenvalue weighted by Gasteiger charge is -2.34. The fourth-order valence-electron chi connectivity index (χ4n) is 2.23. The smallest absolute Gasteiger partial charge is 0.303 e. The number of carbonyl (C=O) groups is 5. The van der Waals surface area contributed by atoms with E-state index in [-0.39, 0.29) is 0 Å². The van der Waals surface area contributed by atoms with Gasteiger partial charge in [-0.15, -0.1) is 0 Å². The van der Waals surface area contributed by atoms with Crippen molar-refractivity contribution in [3.63, 3.8) is 0 Å². The highest BCUT2D eigenvalue weighted by Crippen LogP contribution is 2.21. The third-order valence-corrected chi connectivity index (χ3v) is 3.09. The van der Waals surface area contributed by atoms with Crippen molar-refractivity contribution in [3.05, 3.63) is 22.4 Å². The molecule has 0 aromatic rings. The van der Waals surface area contributed by atoms with Gasteiger partial charge in [-0.3, -0.25) is 34.1 Å². The Bertz CT molecular complexity index is 701. The number of carbonyl (C=O) groups excluding carboxylic acids is 5. The van der Waals surface area contributed by atoms with Gasteiger partial charge < -0.3 is 23.7 Å².